The zero-order chi connectivity index (χ0) is 17.8. The van der Waals surface area contributed by atoms with Gasteiger partial charge >= 0.3 is 0 Å². The zero-order valence-corrected chi connectivity index (χ0v) is 13.4. The Morgan fingerprint density at radius 3 is 2.32 bits per heavy atom. The Balaban J connectivity index is 2.02. The van der Waals surface area contributed by atoms with E-state index < -0.39 is 5.82 Å². The molecule has 3 rings (SSSR count). The van der Waals surface area contributed by atoms with E-state index in [9.17, 15) is 9.65 Å². The van der Waals surface area contributed by atoms with Gasteiger partial charge in [-0.05, 0) is 42.3 Å². The summed E-state index contributed by atoms with van der Waals surface area (Å²) in [6.45, 7) is 0. The van der Waals surface area contributed by atoms with E-state index in [1.54, 1.807) is 24.3 Å². The molecule has 0 unspecified atom stereocenters. The summed E-state index contributed by atoms with van der Waals surface area (Å²) in [4.78, 5) is 6.91. The normalized spacial score (nSPS) is 9.60. The highest BCUT2D eigenvalue weighted by Gasteiger charge is 2.16. The number of aromatic amines is 1. The highest BCUT2D eigenvalue weighted by molar-refractivity contribution is 6.33. The second kappa shape index (κ2) is 6.89. The summed E-state index contributed by atoms with van der Waals surface area (Å²) in [5.74, 6) is 5.28. The fraction of sp³-hybridized carbons (Fsp3) is 0. The number of nitrogens with one attached hydrogen (secondary N) is 1. The second-order valence-corrected chi connectivity index (χ2v) is 5.36. The Bertz CT molecular complexity index is 1070. The molecule has 6 heteroatoms. The zero-order valence-electron chi connectivity index (χ0n) is 12.6. The third-order valence-electron chi connectivity index (χ3n) is 3.36. The summed E-state index contributed by atoms with van der Waals surface area (Å²) in [5.41, 5.74) is 1.60. The van der Waals surface area contributed by atoms with E-state index in [-0.39, 0.29) is 27.8 Å². The van der Waals surface area contributed by atoms with Crippen LogP contribution in [0, 0.1) is 40.3 Å². The van der Waals surface area contributed by atoms with Crippen LogP contribution < -0.4 is 0 Å². The van der Waals surface area contributed by atoms with E-state index in [1.807, 2.05) is 12.1 Å². The molecule has 0 amide bonds. The first-order chi connectivity index (χ1) is 12.1. The monoisotopic (exact) mass is 346 g/mol. The summed E-state index contributed by atoms with van der Waals surface area (Å²) in [6, 6.07) is 14.9. The van der Waals surface area contributed by atoms with E-state index >= 15 is 0 Å². The molecule has 0 saturated heterocycles. The molecule has 0 spiro atoms. The molecule has 3 aromatic rings. The maximum absolute atomic E-state index is 14.0. The Labute approximate surface area is 148 Å². The molecule has 0 bridgehead atoms. The summed E-state index contributed by atoms with van der Waals surface area (Å²) in [7, 11) is 0. The van der Waals surface area contributed by atoms with Crippen molar-refractivity contribution in [2.24, 2.45) is 0 Å². The van der Waals surface area contributed by atoms with Crippen molar-refractivity contribution in [2.45, 2.75) is 0 Å². The van der Waals surface area contributed by atoms with E-state index in [4.69, 9.17) is 16.9 Å². The SMILES string of the molecule is N#Cc1ccc(C#Cc2[nH]c(-c3c(F)cccc3Cl)nc2C#N)cc1. The van der Waals surface area contributed by atoms with Crippen LogP contribution in [0.4, 0.5) is 4.39 Å². The largest absolute Gasteiger partial charge is 0.330 e. The lowest BCUT2D eigenvalue weighted by molar-refractivity contribution is 0.630. The molecule has 25 heavy (non-hydrogen) atoms. The lowest BCUT2D eigenvalue weighted by Gasteiger charge is -2.01. The van der Waals surface area contributed by atoms with E-state index in [0.29, 0.717) is 11.1 Å². The van der Waals surface area contributed by atoms with Gasteiger partial charge < -0.3 is 4.98 Å². The number of H-pyrrole nitrogens is 1. The average molecular weight is 347 g/mol. The van der Waals surface area contributed by atoms with Gasteiger partial charge in [-0.3, -0.25) is 0 Å². The van der Waals surface area contributed by atoms with Crippen LogP contribution in [-0.4, -0.2) is 9.97 Å². The molecule has 2 aromatic carbocycles. The van der Waals surface area contributed by atoms with Crippen molar-refractivity contribution in [1.29, 1.82) is 10.5 Å². The number of aromatic nitrogens is 2. The van der Waals surface area contributed by atoms with Gasteiger partial charge in [0.25, 0.3) is 0 Å². The van der Waals surface area contributed by atoms with Gasteiger partial charge in [-0.15, -0.1) is 0 Å². The number of nitrogens with zero attached hydrogens (tertiary/aromatic N) is 3. The number of imidazole rings is 1. The van der Waals surface area contributed by atoms with Crippen LogP contribution in [-0.2, 0) is 0 Å². The molecule has 0 atom stereocenters. The smallest absolute Gasteiger partial charge is 0.175 e. The molecule has 1 aromatic heterocycles. The third kappa shape index (κ3) is 3.35. The minimum atomic E-state index is -0.544. The Morgan fingerprint density at radius 1 is 0.960 bits per heavy atom. The lowest BCUT2D eigenvalue weighted by atomic mass is 10.1. The van der Waals surface area contributed by atoms with Gasteiger partial charge in [-0.25, -0.2) is 9.37 Å². The fourth-order valence-corrected chi connectivity index (χ4v) is 2.40. The first-order valence-corrected chi connectivity index (χ1v) is 7.47. The molecular weight excluding hydrogens is 339 g/mol. The molecule has 0 fully saturated rings. The quantitative estimate of drug-likeness (QED) is 0.676. The maximum atomic E-state index is 14.0. The molecule has 0 aliphatic rings. The van der Waals surface area contributed by atoms with Crippen molar-refractivity contribution in [2.75, 3.05) is 0 Å². The standard InChI is InChI=1S/C19H8ClFN4/c20-14-2-1-3-15(21)18(14)19-24-16(17(11-23)25-19)9-8-12-4-6-13(10-22)7-5-12/h1-7H,(H,24,25). The van der Waals surface area contributed by atoms with Crippen molar-refractivity contribution < 1.29 is 4.39 Å². The van der Waals surface area contributed by atoms with Crippen LogP contribution >= 0.6 is 11.6 Å². The van der Waals surface area contributed by atoms with Gasteiger partial charge in [0.1, 0.15) is 23.4 Å². The molecular formula is C19H8ClFN4. The number of hydrogen-bond acceptors (Lipinski definition) is 3. The van der Waals surface area contributed by atoms with Crippen molar-refractivity contribution >= 4 is 11.6 Å². The first kappa shape index (κ1) is 16.3. The molecule has 118 valence electrons. The predicted octanol–water partition coefficient (Wildman–Crippen LogP) is 4.01. The molecule has 4 nitrogen and oxygen atoms in total. The van der Waals surface area contributed by atoms with Gasteiger partial charge in [-0.2, -0.15) is 10.5 Å². The minimum absolute atomic E-state index is 0.0514. The van der Waals surface area contributed by atoms with Gasteiger partial charge in [0.15, 0.2) is 5.69 Å². The summed E-state index contributed by atoms with van der Waals surface area (Å²) in [5, 5.41) is 18.2. The molecule has 1 heterocycles. The van der Waals surface area contributed by atoms with Crippen LogP contribution in [0.5, 0.6) is 0 Å². The van der Waals surface area contributed by atoms with Crippen molar-refractivity contribution in [1.82, 2.24) is 9.97 Å². The van der Waals surface area contributed by atoms with Gasteiger partial charge in [0.2, 0.25) is 0 Å². The molecule has 1 N–H and O–H groups in total. The van der Waals surface area contributed by atoms with Crippen molar-refractivity contribution in [3.05, 3.63) is 75.8 Å². The Morgan fingerprint density at radius 2 is 1.68 bits per heavy atom. The third-order valence-corrected chi connectivity index (χ3v) is 3.67. The minimum Gasteiger partial charge on any atom is -0.330 e. The van der Waals surface area contributed by atoms with Crippen LogP contribution in [0.2, 0.25) is 5.02 Å². The highest BCUT2D eigenvalue weighted by Crippen LogP contribution is 2.29. The van der Waals surface area contributed by atoms with Gasteiger partial charge in [0.05, 0.1) is 22.2 Å². The molecule has 0 saturated carbocycles. The lowest BCUT2D eigenvalue weighted by Crippen LogP contribution is -1.88. The van der Waals surface area contributed by atoms with Crippen molar-refractivity contribution in [3.8, 4) is 35.4 Å². The number of nitriles is 2. The summed E-state index contributed by atoms with van der Waals surface area (Å²) in [6.07, 6.45) is 0. The fourth-order valence-electron chi connectivity index (χ4n) is 2.15. The number of halogens is 2. The van der Waals surface area contributed by atoms with Gasteiger partial charge in [-0.1, -0.05) is 23.6 Å². The Kier molecular flexibility index (Phi) is 4.48. The molecule has 0 radical (unpaired) electrons. The number of hydrogen-bond donors (Lipinski definition) is 1. The first-order valence-electron chi connectivity index (χ1n) is 7.09. The highest BCUT2D eigenvalue weighted by atomic mass is 35.5. The van der Waals surface area contributed by atoms with E-state index in [2.05, 4.69) is 21.8 Å². The topological polar surface area (TPSA) is 76.3 Å². The second-order valence-electron chi connectivity index (χ2n) is 4.96. The van der Waals surface area contributed by atoms with Crippen LogP contribution in [0.3, 0.4) is 0 Å². The van der Waals surface area contributed by atoms with Crippen molar-refractivity contribution in [3.63, 3.8) is 0 Å². The molecule has 0 aliphatic carbocycles. The van der Waals surface area contributed by atoms with Crippen LogP contribution in [0.15, 0.2) is 42.5 Å². The van der Waals surface area contributed by atoms with Gasteiger partial charge in [0, 0.05) is 5.56 Å². The van der Waals surface area contributed by atoms with E-state index in [1.165, 1.54) is 18.2 Å². The summed E-state index contributed by atoms with van der Waals surface area (Å²) >= 11 is 6.03. The Hall–Kier alpha value is -3.59. The number of rotatable bonds is 1. The summed E-state index contributed by atoms with van der Waals surface area (Å²) < 4.78 is 14.0. The molecule has 0 aliphatic heterocycles. The average Bonchev–Trinajstić information content (AvgIpc) is 3.03. The predicted molar refractivity (Wildman–Crippen MR) is 90.8 cm³/mol. The van der Waals surface area contributed by atoms with Crippen LogP contribution in [0.25, 0.3) is 11.4 Å². The van der Waals surface area contributed by atoms with Crippen LogP contribution in [0.1, 0.15) is 22.5 Å². The number of benzene rings is 2. The van der Waals surface area contributed by atoms with E-state index in [0.717, 1.165) is 0 Å². The maximum Gasteiger partial charge on any atom is 0.175 e.